The van der Waals surface area contributed by atoms with Crippen LogP contribution in [0.2, 0.25) is 0 Å². The number of carboxylic acids is 1. The number of methoxy groups -OCH3 is 1. The van der Waals surface area contributed by atoms with Crippen LogP contribution in [0.15, 0.2) is 31.9 Å². The van der Waals surface area contributed by atoms with Gasteiger partial charge in [-0.2, -0.15) is 0 Å². The van der Waals surface area contributed by atoms with E-state index in [1.54, 1.807) is 6.07 Å². The highest BCUT2D eigenvalue weighted by Gasteiger charge is 2.13. The van der Waals surface area contributed by atoms with Gasteiger partial charge in [0.2, 0.25) is 5.76 Å². The smallest absolute Gasteiger partial charge is 0.371 e. The SMILES string of the molecule is COc1cc(Br)c2oc(C(=O)O)cc(=O)c2c1. The molecule has 0 amide bonds. The second kappa shape index (κ2) is 4.21. The Balaban J connectivity index is 2.86. The molecule has 0 saturated carbocycles. The first-order valence-electron chi connectivity index (χ1n) is 4.57. The molecule has 5 nitrogen and oxygen atoms in total. The van der Waals surface area contributed by atoms with Crippen molar-refractivity contribution in [2.45, 2.75) is 0 Å². The van der Waals surface area contributed by atoms with Crippen LogP contribution in [0.5, 0.6) is 5.75 Å². The lowest BCUT2D eigenvalue weighted by Gasteiger charge is -2.04. The quantitative estimate of drug-likeness (QED) is 0.920. The molecule has 0 radical (unpaired) electrons. The van der Waals surface area contributed by atoms with Crippen molar-refractivity contribution in [1.29, 1.82) is 0 Å². The Morgan fingerprint density at radius 2 is 2.12 bits per heavy atom. The van der Waals surface area contributed by atoms with E-state index in [0.717, 1.165) is 6.07 Å². The van der Waals surface area contributed by atoms with Crippen LogP contribution < -0.4 is 10.2 Å². The fourth-order valence-electron chi connectivity index (χ4n) is 1.41. The molecule has 0 aliphatic heterocycles. The first kappa shape index (κ1) is 11.7. The average molecular weight is 299 g/mol. The van der Waals surface area contributed by atoms with Crippen molar-refractivity contribution in [3.05, 3.63) is 38.7 Å². The predicted molar refractivity (Wildman–Crippen MR) is 63.7 cm³/mol. The summed E-state index contributed by atoms with van der Waals surface area (Å²) in [5.41, 5.74) is -0.237. The summed E-state index contributed by atoms with van der Waals surface area (Å²) in [6.07, 6.45) is 0. The summed E-state index contributed by atoms with van der Waals surface area (Å²) >= 11 is 3.20. The van der Waals surface area contributed by atoms with E-state index < -0.39 is 17.2 Å². The van der Waals surface area contributed by atoms with Gasteiger partial charge in [-0.15, -0.1) is 0 Å². The minimum atomic E-state index is -1.29. The fourth-order valence-corrected chi connectivity index (χ4v) is 1.93. The number of rotatable bonds is 2. The van der Waals surface area contributed by atoms with E-state index in [-0.39, 0.29) is 11.0 Å². The molecular formula is C11H7BrO5. The summed E-state index contributed by atoms with van der Waals surface area (Å²) in [5, 5.41) is 9.05. The Morgan fingerprint density at radius 1 is 1.41 bits per heavy atom. The number of halogens is 1. The van der Waals surface area contributed by atoms with Crippen molar-refractivity contribution >= 4 is 32.9 Å². The molecule has 0 aliphatic carbocycles. The van der Waals surface area contributed by atoms with Gasteiger partial charge in [0.15, 0.2) is 11.0 Å². The van der Waals surface area contributed by atoms with Gasteiger partial charge in [-0.3, -0.25) is 4.79 Å². The summed E-state index contributed by atoms with van der Waals surface area (Å²) in [6, 6.07) is 4.03. The Bertz CT molecular complexity index is 659. The minimum Gasteiger partial charge on any atom is -0.497 e. The maximum absolute atomic E-state index is 11.7. The van der Waals surface area contributed by atoms with E-state index in [1.807, 2.05) is 0 Å². The first-order chi connectivity index (χ1) is 8.02. The highest BCUT2D eigenvalue weighted by molar-refractivity contribution is 9.10. The number of aromatic carboxylic acids is 1. The van der Waals surface area contributed by atoms with Crippen LogP contribution in [-0.4, -0.2) is 18.2 Å². The third-order valence-corrected chi connectivity index (χ3v) is 2.79. The molecular weight excluding hydrogens is 292 g/mol. The summed E-state index contributed by atoms with van der Waals surface area (Å²) in [7, 11) is 1.47. The number of hydrogen-bond donors (Lipinski definition) is 1. The summed E-state index contributed by atoms with van der Waals surface area (Å²) < 4.78 is 10.6. The van der Waals surface area contributed by atoms with Crippen LogP contribution in [0.4, 0.5) is 0 Å². The van der Waals surface area contributed by atoms with Crippen LogP contribution >= 0.6 is 15.9 Å². The maximum Gasteiger partial charge on any atom is 0.371 e. The summed E-state index contributed by atoms with van der Waals surface area (Å²) in [4.78, 5) is 22.5. The van der Waals surface area contributed by atoms with Gasteiger partial charge in [-0.1, -0.05) is 0 Å². The first-order valence-corrected chi connectivity index (χ1v) is 5.37. The summed E-state index contributed by atoms with van der Waals surface area (Å²) in [6.45, 7) is 0. The minimum absolute atomic E-state index is 0.190. The second-order valence-electron chi connectivity index (χ2n) is 3.27. The maximum atomic E-state index is 11.7. The van der Waals surface area contributed by atoms with Crippen molar-refractivity contribution in [2.24, 2.45) is 0 Å². The van der Waals surface area contributed by atoms with E-state index in [1.165, 1.54) is 13.2 Å². The predicted octanol–water partition coefficient (Wildman–Crippen LogP) is 2.26. The Kier molecular flexibility index (Phi) is 2.89. The number of ether oxygens (including phenoxy) is 1. The van der Waals surface area contributed by atoms with Crippen molar-refractivity contribution in [1.82, 2.24) is 0 Å². The Hall–Kier alpha value is -1.82. The molecule has 0 bridgehead atoms. The van der Waals surface area contributed by atoms with E-state index in [0.29, 0.717) is 10.2 Å². The molecule has 1 N–H and O–H groups in total. The van der Waals surface area contributed by atoms with Crippen LogP contribution in [0.1, 0.15) is 10.6 Å². The fraction of sp³-hybridized carbons (Fsp3) is 0.0909. The van der Waals surface area contributed by atoms with Crippen molar-refractivity contribution in [3.8, 4) is 5.75 Å². The molecule has 1 aromatic carbocycles. The van der Waals surface area contributed by atoms with Gasteiger partial charge < -0.3 is 14.3 Å². The molecule has 1 aromatic heterocycles. The zero-order chi connectivity index (χ0) is 12.6. The van der Waals surface area contributed by atoms with Crippen molar-refractivity contribution in [3.63, 3.8) is 0 Å². The largest absolute Gasteiger partial charge is 0.497 e. The van der Waals surface area contributed by atoms with Gasteiger partial charge in [-0.05, 0) is 28.1 Å². The molecule has 0 saturated heterocycles. The molecule has 88 valence electrons. The van der Waals surface area contributed by atoms with Crippen LogP contribution in [0.3, 0.4) is 0 Å². The van der Waals surface area contributed by atoms with Gasteiger partial charge in [0.1, 0.15) is 5.75 Å². The van der Waals surface area contributed by atoms with E-state index in [2.05, 4.69) is 15.9 Å². The monoisotopic (exact) mass is 298 g/mol. The van der Waals surface area contributed by atoms with Crippen LogP contribution in [0, 0.1) is 0 Å². The average Bonchev–Trinajstić information content (AvgIpc) is 2.29. The molecule has 0 aliphatic rings. The topological polar surface area (TPSA) is 76.7 Å². The second-order valence-corrected chi connectivity index (χ2v) is 4.12. The molecule has 2 aromatic rings. The lowest BCUT2D eigenvalue weighted by Crippen LogP contribution is -2.06. The molecule has 6 heteroatoms. The van der Waals surface area contributed by atoms with Gasteiger partial charge in [0, 0.05) is 6.07 Å². The lowest BCUT2D eigenvalue weighted by atomic mass is 10.2. The van der Waals surface area contributed by atoms with Gasteiger partial charge in [-0.25, -0.2) is 4.79 Å². The molecule has 0 atom stereocenters. The zero-order valence-electron chi connectivity index (χ0n) is 8.69. The van der Waals surface area contributed by atoms with Gasteiger partial charge in [0.25, 0.3) is 0 Å². The number of hydrogen-bond acceptors (Lipinski definition) is 4. The number of benzene rings is 1. The van der Waals surface area contributed by atoms with E-state index in [9.17, 15) is 9.59 Å². The van der Waals surface area contributed by atoms with E-state index >= 15 is 0 Å². The highest BCUT2D eigenvalue weighted by Crippen LogP contribution is 2.28. The van der Waals surface area contributed by atoms with E-state index in [4.69, 9.17) is 14.3 Å². The molecule has 0 fully saturated rings. The molecule has 0 unspecified atom stereocenters. The van der Waals surface area contributed by atoms with Gasteiger partial charge >= 0.3 is 5.97 Å². The summed E-state index contributed by atoms with van der Waals surface area (Å²) in [5.74, 6) is -1.19. The lowest BCUT2D eigenvalue weighted by molar-refractivity contribution is 0.0663. The Morgan fingerprint density at radius 3 is 2.71 bits per heavy atom. The highest BCUT2D eigenvalue weighted by atomic mass is 79.9. The zero-order valence-corrected chi connectivity index (χ0v) is 10.3. The molecule has 2 rings (SSSR count). The third-order valence-electron chi connectivity index (χ3n) is 2.20. The number of carboxylic acid groups (broad SMARTS) is 1. The molecule has 1 heterocycles. The Labute approximate surface area is 104 Å². The standard InChI is InChI=1S/C11H7BrO5/c1-16-5-2-6-8(13)4-9(11(14)15)17-10(6)7(12)3-5/h2-4H,1H3,(H,14,15). The molecule has 0 spiro atoms. The van der Waals surface area contributed by atoms with Crippen LogP contribution in [-0.2, 0) is 0 Å². The molecule has 17 heavy (non-hydrogen) atoms. The van der Waals surface area contributed by atoms with Crippen LogP contribution in [0.25, 0.3) is 11.0 Å². The number of fused-ring (bicyclic) bond motifs is 1. The number of carbonyl (C=O) groups is 1. The van der Waals surface area contributed by atoms with Crippen molar-refractivity contribution in [2.75, 3.05) is 7.11 Å². The third kappa shape index (κ3) is 2.03. The van der Waals surface area contributed by atoms with Crippen molar-refractivity contribution < 1.29 is 19.1 Å². The normalized spacial score (nSPS) is 10.5. The van der Waals surface area contributed by atoms with Gasteiger partial charge in [0.05, 0.1) is 17.0 Å².